The number of carbonyl (C=O) groups is 1. The monoisotopic (exact) mass is 383 g/mol. The van der Waals surface area contributed by atoms with E-state index < -0.39 is 0 Å². The van der Waals surface area contributed by atoms with Crippen molar-refractivity contribution in [3.8, 4) is 11.3 Å². The number of aryl methyl sites for hydroxylation is 1. The molecule has 2 aromatic carbocycles. The van der Waals surface area contributed by atoms with Gasteiger partial charge in [0.15, 0.2) is 0 Å². The zero-order valence-corrected chi connectivity index (χ0v) is 16.2. The van der Waals surface area contributed by atoms with E-state index in [0.717, 1.165) is 34.1 Å². The van der Waals surface area contributed by atoms with Gasteiger partial charge in [0.1, 0.15) is 5.69 Å². The van der Waals surface area contributed by atoms with Crippen molar-refractivity contribution in [2.45, 2.75) is 19.4 Å². The van der Waals surface area contributed by atoms with E-state index in [1.54, 1.807) is 6.20 Å². The molecule has 0 aliphatic carbocycles. The third kappa shape index (κ3) is 3.27. The Morgan fingerprint density at radius 3 is 2.83 bits per heavy atom. The van der Waals surface area contributed by atoms with Crippen molar-refractivity contribution in [2.24, 2.45) is 0 Å². The van der Waals surface area contributed by atoms with Gasteiger partial charge in [0.2, 0.25) is 0 Å². The molecular formula is C23H21N5O. The number of carbonyl (C=O) groups excluding carboxylic acids is 1. The molecule has 0 spiro atoms. The van der Waals surface area contributed by atoms with Crippen LogP contribution in [0.4, 0.5) is 0 Å². The molecule has 2 aromatic heterocycles. The van der Waals surface area contributed by atoms with Crippen molar-refractivity contribution in [3.63, 3.8) is 0 Å². The fourth-order valence-electron chi connectivity index (χ4n) is 3.94. The molecule has 4 aromatic rings. The van der Waals surface area contributed by atoms with Gasteiger partial charge in [-0.05, 0) is 43.2 Å². The number of likely N-dealkylation sites (tertiary alicyclic amines) is 1. The van der Waals surface area contributed by atoms with E-state index in [-0.39, 0.29) is 11.9 Å². The zero-order valence-electron chi connectivity index (χ0n) is 16.2. The van der Waals surface area contributed by atoms with Crippen LogP contribution in [-0.2, 0) is 0 Å². The number of aromatic nitrogens is 4. The molecule has 1 atom stereocenters. The van der Waals surface area contributed by atoms with Crippen LogP contribution in [0.25, 0.3) is 22.2 Å². The second-order valence-electron chi connectivity index (χ2n) is 7.50. The topological polar surface area (TPSA) is 63.9 Å². The summed E-state index contributed by atoms with van der Waals surface area (Å²) in [5, 5.41) is 9.65. The Labute approximate surface area is 168 Å². The van der Waals surface area contributed by atoms with Crippen molar-refractivity contribution in [3.05, 3.63) is 78.1 Å². The maximum Gasteiger partial charge on any atom is 0.253 e. The van der Waals surface area contributed by atoms with E-state index in [4.69, 9.17) is 0 Å². The Hall–Kier alpha value is -3.54. The average molecular weight is 383 g/mol. The molecule has 6 nitrogen and oxygen atoms in total. The first-order valence-electron chi connectivity index (χ1n) is 9.81. The number of rotatable bonds is 3. The van der Waals surface area contributed by atoms with Crippen LogP contribution >= 0.6 is 0 Å². The third-order valence-corrected chi connectivity index (χ3v) is 5.61. The predicted octanol–water partition coefficient (Wildman–Crippen LogP) is 3.89. The number of pyridine rings is 1. The molecule has 5 rings (SSSR count). The maximum atomic E-state index is 13.1. The summed E-state index contributed by atoms with van der Waals surface area (Å²) in [6.07, 6.45) is 4.64. The van der Waals surface area contributed by atoms with Gasteiger partial charge in [0.05, 0.1) is 17.8 Å². The minimum Gasteiger partial charge on any atom is -0.336 e. The van der Waals surface area contributed by atoms with Crippen molar-refractivity contribution in [1.82, 2.24) is 24.9 Å². The summed E-state index contributed by atoms with van der Waals surface area (Å²) >= 11 is 0. The number of amides is 1. The molecule has 0 saturated carbocycles. The summed E-state index contributed by atoms with van der Waals surface area (Å²) in [4.78, 5) is 19.3. The number of hydrogen-bond donors (Lipinski definition) is 0. The van der Waals surface area contributed by atoms with Crippen LogP contribution in [0.1, 0.15) is 28.4 Å². The first-order chi connectivity index (χ1) is 14.2. The van der Waals surface area contributed by atoms with Gasteiger partial charge in [0, 0.05) is 35.8 Å². The Morgan fingerprint density at radius 2 is 1.97 bits per heavy atom. The lowest BCUT2D eigenvalue weighted by atomic mass is 10.1. The lowest BCUT2D eigenvalue weighted by Crippen LogP contribution is -2.29. The van der Waals surface area contributed by atoms with Gasteiger partial charge in [-0.15, -0.1) is 5.10 Å². The molecule has 144 valence electrons. The average Bonchev–Trinajstić information content (AvgIpc) is 3.44. The van der Waals surface area contributed by atoms with Gasteiger partial charge in [-0.3, -0.25) is 9.78 Å². The molecule has 6 heteroatoms. The van der Waals surface area contributed by atoms with Crippen LogP contribution in [0.5, 0.6) is 0 Å². The summed E-state index contributed by atoms with van der Waals surface area (Å²) in [6.45, 7) is 3.40. The molecule has 1 aliphatic rings. The van der Waals surface area contributed by atoms with Gasteiger partial charge >= 0.3 is 0 Å². The van der Waals surface area contributed by atoms with Crippen LogP contribution in [0.2, 0.25) is 0 Å². The highest BCUT2D eigenvalue weighted by Gasteiger charge is 2.29. The predicted molar refractivity (Wildman–Crippen MR) is 111 cm³/mol. The zero-order chi connectivity index (χ0) is 19.8. The summed E-state index contributed by atoms with van der Waals surface area (Å²) < 4.78 is 1.89. The molecule has 29 heavy (non-hydrogen) atoms. The minimum atomic E-state index is 0.0565. The highest BCUT2D eigenvalue weighted by atomic mass is 16.2. The van der Waals surface area contributed by atoms with Crippen molar-refractivity contribution >= 4 is 16.8 Å². The quantitative estimate of drug-likeness (QED) is 0.538. The number of benzene rings is 2. The van der Waals surface area contributed by atoms with E-state index in [1.165, 1.54) is 0 Å². The van der Waals surface area contributed by atoms with E-state index >= 15 is 0 Å². The lowest BCUT2D eigenvalue weighted by Gasteiger charge is -2.17. The molecule has 1 amide bonds. The summed E-state index contributed by atoms with van der Waals surface area (Å²) in [5.41, 5.74) is 4.65. The molecule has 3 heterocycles. The Morgan fingerprint density at radius 1 is 1.10 bits per heavy atom. The molecule has 1 unspecified atom stereocenters. The Kier molecular flexibility index (Phi) is 4.31. The standard InChI is InChI=1S/C23H21N5O/c1-16-9-11-24-21-8-7-18(13-20(16)21)23(29)27-12-10-19(14-27)28-15-22(25-26-28)17-5-3-2-4-6-17/h2-9,11,13,15,19H,10,12,14H2,1H3. The van der Waals surface area contributed by atoms with E-state index in [1.807, 2.05) is 77.3 Å². The van der Waals surface area contributed by atoms with E-state index in [0.29, 0.717) is 18.7 Å². The molecule has 0 bridgehead atoms. The molecular weight excluding hydrogens is 362 g/mol. The van der Waals surface area contributed by atoms with Gasteiger partial charge in [-0.25, -0.2) is 4.68 Å². The summed E-state index contributed by atoms with van der Waals surface area (Å²) in [5.74, 6) is 0.0565. The third-order valence-electron chi connectivity index (χ3n) is 5.61. The van der Waals surface area contributed by atoms with Gasteiger partial charge in [-0.1, -0.05) is 35.5 Å². The smallest absolute Gasteiger partial charge is 0.253 e. The summed E-state index contributed by atoms with van der Waals surface area (Å²) in [7, 11) is 0. The summed E-state index contributed by atoms with van der Waals surface area (Å²) in [6, 6.07) is 17.9. The van der Waals surface area contributed by atoms with Crippen molar-refractivity contribution in [1.29, 1.82) is 0 Å². The Bertz CT molecular complexity index is 1180. The highest BCUT2D eigenvalue weighted by Crippen LogP contribution is 2.26. The Balaban J connectivity index is 1.34. The largest absolute Gasteiger partial charge is 0.336 e. The van der Waals surface area contributed by atoms with Gasteiger partial charge in [0.25, 0.3) is 5.91 Å². The van der Waals surface area contributed by atoms with E-state index in [2.05, 4.69) is 15.3 Å². The highest BCUT2D eigenvalue weighted by molar-refractivity contribution is 5.98. The number of nitrogens with zero attached hydrogens (tertiary/aromatic N) is 5. The van der Waals surface area contributed by atoms with Crippen LogP contribution in [0, 0.1) is 6.92 Å². The number of hydrogen-bond acceptors (Lipinski definition) is 4. The molecule has 1 fully saturated rings. The SMILES string of the molecule is Cc1ccnc2ccc(C(=O)N3CCC(n4cc(-c5ccccc5)nn4)C3)cc12. The van der Waals surface area contributed by atoms with Crippen molar-refractivity contribution in [2.75, 3.05) is 13.1 Å². The van der Waals surface area contributed by atoms with Gasteiger partial charge < -0.3 is 4.90 Å². The van der Waals surface area contributed by atoms with Crippen LogP contribution < -0.4 is 0 Å². The van der Waals surface area contributed by atoms with Crippen LogP contribution in [-0.4, -0.2) is 43.9 Å². The second kappa shape index (κ2) is 7.13. The fraction of sp³-hybridized carbons (Fsp3) is 0.217. The normalized spacial score (nSPS) is 16.4. The molecule has 0 radical (unpaired) electrons. The van der Waals surface area contributed by atoms with E-state index in [9.17, 15) is 4.79 Å². The minimum absolute atomic E-state index is 0.0565. The molecule has 1 saturated heterocycles. The number of fused-ring (bicyclic) bond motifs is 1. The lowest BCUT2D eigenvalue weighted by molar-refractivity contribution is 0.0787. The maximum absolute atomic E-state index is 13.1. The van der Waals surface area contributed by atoms with Crippen LogP contribution in [0.3, 0.4) is 0 Å². The first-order valence-corrected chi connectivity index (χ1v) is 9.81. The van der Waals surface area contributed by atoms with Gasteiger partial charge in [-0.2, -0.15) is 0 Å². The second-order valence-corrected chi connectivity index (χ2v) is 7.50. The molecule has 1 aliphatic heterocycles. The van der Waals surface area contributed by atoms with Crippen LogP contribution in [0.15, 0.2) is 67.0 Å². The fourth-order valence-corrected chi connectivity index (χ4v) is 3.94. The molecule has 0 N–H and O–H groups in total. The first kappa shape index (κ1) is 17.6. The van der Waals surface area contributed by atoms with Crippen molar-refractivity contribution < 1.29 is 4.79 Å².